The number of rotatable bonds is 8. The number of piperazine rings is 1. The largest absolute Gasteiger partial charge is 0.504 e. The summed E-state index contributed by atoms with van der Waals surface area (Å²) in [6.45, 7) is 3.95. The topological polar surface area (TPSA) is 134 Å². The smallest absolute Gasteiger partial charge is 0.321 e. The predicted octanol–water partition coefficient (Wildman–Crippen LogP) is 4.61. The molecule has 1 amide bonds. The van der Waals surface area contributed by atoms with Gasteiger partial charge in [0.15, 0.2) is 23.0 Å². The zero-order chi connectivity index (χ0) is 34.6. The summed E-state index contributed by atoms with van der Waals surface area (Å²) in [5.41, 5.74) is 5.84. The van der Waals surface area contributed by atoms with E-state index in [2.05, 4.69) is 27.3 Å². The molecule has 0 radical (unpaired) electrons. The molecule has 3 aromatic carbocycles. The predicted molar refractivity (Wildman–Crippen MR) is 188 cm³/mol. The number of aryl methyl sites for hydroxylation is 2. The van der Waals surface area contributed by atoms with Crippen LogP contribution in [0.25, 0.3) is 0 Å². The number of carbonyl (C=O) groups is 2. The number of esters is 1. The molecule has 3 aromatic rings. The third-order valence-electron chi connectivity index (χ3n) is 10.6. The fraction of sp³-hybridized carbons (Fsp3) is 0.432. The van der Waals surface area contributed by atoms with Crippen molar-refractivity contribution in [2.24, 2.45) is 0 Å². The van der Waals surface area contributed by atoms with Crippen LogP contribution in [0.15, 0.2) is 36.4 Å². The minimum absolute atomic E-state index is 0.00193. The summed E-state index contributed by atoms with van der Waals surface area (Å²) in [6.07, 6.45) is 1.84. The van der Waals surface area contributed by atoms with Gasteiger partial charge >= 0.3 is 5.97 Å². The fourth-order valence-electron chi connectivity index (χ4n) is 8.51. The van der Waals surface area contributed by atoms with E-state index in [-0.39, 0.29) is 47.5 Å². The highest BCUT2D eigenvalue weighted by Gasteiger charge is 2.56. The van der Waals surface area contributed by atoms with Gasteiger partial charge in [0.25, 0.3) is 0 Å². The summed E-state index contributed by atoms with van der Waals surface area (Å²) in [7, 11) is 3.55. The van der Waals surface area contributed by atoms with Crippen molar-refractivity contribution < 1.29 is 33.6 Å². The van der Waals surface area contributed by atoms with E-state index in [9.17, 15) is 20.0 Å². The Kier molecular flexibility index (Phi) is 9.10. The lowest BCUT2D eigenvalue weighted by molar-refractivity contribution is -0.131. The fourth-order valence-corrected chi connectivity index (χ4v) is 8.67. The number of carbonyl (C=O) groups excluding carboxylic acids is 2. The number of methoxy groups -OCH3 is 1. The molecule has 5 atom stereocenters. The Hall–Kier alpha value is -4.06. The summed E-state index contributed by atoms with van der Waals surface area (Å²) >= 11 is 1.98. The zero-order valence-electron chi connectivity index (χ0n) is 27.9. The first kappa shape index (κ1) is 33.4. The zero-order valence-corrected chi connectivity index (χ0v) is 30.1. The maximum atomic E-state index is 13.4. The Labute approximate surface area is 299 Å². The molecule has 1 saturated heterocycles. The van der Waals surface area contributed by atoms with E-state index in [1.165, 1.54) is 0 Å². The molecule has 2 unspecified atom stereocenters. The van der Waals surface area contributed by atoms with E-state index in [1.807, 2.05) is 73.8 Å². The monoisotopic (exact) mass is 778 g/mol. The number of likely N-dealkylation sites (N-methyl/N-ethyl adjacent to an activating group) is 1. The molecule has 12 heteroatoms. The number of nitriles is 1. The standard InChI is InChI=1S/C37H39IN4O7/c1-19-12-22-13-24-26(16-39)42-25(32(41(24)3)30(22)33(45)34(19)46-4)14-23-31(27(42)17-40-28(43)11-10-21-8-6-5-7-9-21)37-36(47-18-48-37)20(2)35(23)49-29(44)15-38/h5-9,12,24-27,32,45H,10-11,13-15,17-18H2,1-4H3,(H,40,43)/t24?,25-,26-,27-,32?/m0/s1. The van der Waals surface area contributed by atoms with Gasteiger partial charge in [-0.25, -0.2) is 0 Å². The lowest BCUT2D eigenvalue weighted by Crippen LogP contribution is -2.68. The van der Waals surface area contributed by atoms with Gasteiger partial charge in [0.05, 0.1) is 29.7 Å². The van der Waals surface area contributed by atoms with Crippen LogP contribution in [-0.2, 0) is 28.9 Å². The Morgan fingerprint density at radius 2 is 1.86 bits per heavy atom. The number of hydrogen-bond acceptors (Lipinski definition) is 10. The van der Waals surface area contributed by atoms with Crippen LogP contribution in [-0.4, -0.2) is 76.8 Å². The SMILES string of the molecule is COc1c(C)cc2c(c1O)C1[C@@H]3Cc4c(OC(=O)CI)c(C)c5c(c4[C@H](CNC(=O)CCc4ccccc4)N3[C@@H](C#N)C(C2)N1C)OCO5. The second kappa shape index (κ2) is 13.3. The number of amides is 1. The lowest BCUT2D eigenvalue weighted by Gasteiger charge is -2.60. The number of hydrogen-bond donors (Lipinski definition) is 2. The minimum atomic E-state index is -0.567. The van der Waals surface area contributed by atoms with Crippen LogP contribution in [0.5, 0.6) is 28.7 Å². The molecule has 4 heterocycles. The maximum Gasteiger partial charge on any atom is 0.321 e. The highest BCUT2D eigenvalue weighted by atomic mass is 127. The van der Waals surface area contributed by atoms with Gasteiger partial charge in [0, 0.05) is 47.3 Å². The van der Waals surface area contributed by atoms with Crippen molar-refractivity contribution in [1.82, 2.24) is 15.1 Å². The first-order valence-electron chi connectivity index (χ1n) is 16.5. The van der Waals surface area contributed by atoms with Gasteiger partial charge in [-0.05, 0) is 56.8 Å². The number of halogens is 1. The molecule has 0 spiro atoms. The highest BCUT2D eigenvalue weighted by molar-refractivity contribution is 14.1. The van der Waals surface area contributed by atoms with Crippen LogP contribution in [0, 0.1) is 25.2 Å². The van der Waals surface area contributed by atoms with Crippen molar-refractivity contribution in [2.45, 2.75) is 69.7 Å². The number of nitrogens with zero attached hydrogens (tertiary/aromatic N) is 3. The van der Waals surface area contributed by atoms with Crippen LogP contribution >= 0.6 is 22.6 Å². The van der Waals surface area contributed by atoms with Crippen LogP contribution in [0.3, 0.4) is 0 Å². The third kappa shape index (κ3) is 5.56. The number of benzene rings is 3. The Balaban J connectivity index is 1.37. The molecule has 2 N–H and O–H groups in total. The van der Waals surface area contributed by atoms with Crippen LogP contribution < -0.4 is 24.3 Å². The molecule has 7 rings (SSSR count). The van der Waals surface area contributed by atoms with Gasteiger partial charge < -0.3 is 29.4 Å². The molecule has 256 valence electrons. The molecule has 49 heavy (non-hydrogen) atoms. The van der Waals surface area contributed by atoms with Gasteiger partial charge in [-0.15, -0.1) is 0 Å². The summed E-state index contributed by atoms with van der Waals surface area (Å²) in [6, 6.07) is 12.6. The molecule has 2 bridgehead atoms. The Morgan fingerprint density at radius 3 is 2.57 bits per heavy atom. The van der Waals surface area contributed by atoms with E-state index in [1.54, 1.807) is 7.11 Å². The summed E-state index contributed by atoms with van der Waals surface area (Å²) in [5, 5.41) is 25.8. The summed E-state index contributed by atoms with van der Waals surface area (Å²) in [5.74, 6) is 1.48. The number of phenols is 1. The van der Waals surface area contributed by atoms with Crippen LogP contribution in [0.4, 0.5) is 0 Å². The molecule has 0 aliphatic carbocycles. The number of phenolic OH excluding ortho intramolecular Hbond substituents is 1. The average Bonchev–Trinajstić information content (AvgIpc) is 3.59. The second-order valence-electron chi connectivity index (χ2n) is 13.1. The van der Waals surface area contributed by atoms with Crippen molar-refractivity contribution in [1.29, 1.82) is 5.26 Å². The number of nitrogens with one attached hydrogen (secondary N) is 1. The van der Waals surface area contributed by atoms with Crippen molar-refractivity contribution in [3.8, 4) is 34.8 Å². The van der Waals surface area contributed by atoms with E-state index in [0.29, 0.717) is 54.2 Å². The maximum absolute atomic E-state index is 13.4. The van der Waals surface area contributed by atoms with Gasteiger partial charge in [0.1, 0.15) is 11.8 Å². The third-order valence-corrected chi connectivity index (χ3v) is 11.2. The molecular weight excluding hydrogens is 739 g/mol. The van der Waals surface area contributed by atoms with E-state index < -0.39 is 18.1 Å². The van der Waals surface area contributed by atoms with Crippen molar-refractivity contribution in [3.63, 3.8) is 0 Å². The first-order valence-corrected chi connectivity index (χ1v) is 18.0. The lowest BCUT2D eigenvalue weighted by atomic mass is 9.71. The van der Waals surface area contributed by atoms with Gasteiger partial charge in [-0.1, -0.05) is 59.0 Å². The van der Waals surface area contributed by atoms with Gasteiger partial charge in [0.2, 0.25) is 12.7 Å². The number of alkyl halides is 1. The van der Waals surface area contributed by atoms with Crippen molar-refractivity contribution >= 4 is 34.5 Å². The number of fused-ring (bicyclic) bond motifs is 9. The first-order chi connectivity index (χ1) is 23.7. The van der Waals surface area contributed by atoms with Crippen LogP contribution in [0.1, 0.15) is 57.4 Å². The quantitative estimate of drug-likeness (QED) is 0.145. The normalized spacial score (nSPS) is 23.5. The second-order valence-corrected chi connectivity index (χ2v) is 13.9. The van der Waals surface area contributed by atoms with Crippen LogP contribution in [0.2, 0.25) is 0 Å². The summed E-state index contributed by atoms with van der Waals surface area (Å²) < 4.78 is 24.0. The molecule has 1 fully saturated rings. The molecule has 0 aromatic heterocycles. The van der Waals surface area contributed by atoms with Crippen molar-refractivity contribution in [3.05, 3.63) is 75.3 Å². The highest BCUT2D eigenvalue weighted by Crippen LogP contribution is 2.58. The summed E-state index contributed by atoms with van der Waals surface area (Å²) in [4.78, 5) is 30.7. The van der Waals surface area contributed by atoms with Gasteiger partial charge in [-0.2, -0.15) is 5.26 Å². The minimum Gasteiger partial charge on any atom is -0.504 e. The number of aromatic hydroxyl groups is 1. The van der Waals surface area contributed by atoms with Gasteiger partial charge in [-0.3, -0.25) is 19.4 Å². The Bertz CT molecular complexity index is 1860. The molecule has 4 aliphatic rings. The van der Waals surface area contributed by atoms with Crippen molar-refractivity contribution in [2.75, 3.05) is 31.9 Å². The van der Waals surface area contributed by atoms with E-state index >= 15 is 0 Å². The van der Waals surface area contributed by atoms with E-state index in [0.717, 1.165) is 33.4 Å². The average molecular weight is 779 g/mol. The van der Waals surface area contributed by atoms with E-state index in [4.69, 9.17) is 18.9 Å². The molecular formula is C37H39IN4O7. The molecule has 11 nitrogen and oxygen atoms in total. The number of ether oxygens (including phenoxy) is 4. The molecule has 4 aliphatic heterocycles. The molecule has 0 saturated carbocycles. The Morgan fingerprint density at radius 1 is 1.10 bits per heavy atom.